The summed E-state index contributed by atoms with van der Waals surface area (Å²) in [6.45, 7) is 2.85. The summed E-state index contributed by atoms with van der Waals surface area (Å²) in [5, 5.41) is 12.9. The number of hydrogen-bond acceptors (Lipinski definition) is 5. The largest absolute Gasteiger partial charge is 0.492 e. The molecule has 1 aromatic heterocycles. The highest BCUT2D eigenvalue weighted by Gasteiger charge is 2.21. The van der Waals surface area contributed by atoms with Crippen LogP contribution in [0.3, 0.4) is 0 Å². The summed E-state index contributed by atoms with van der Waals surface area (Å²) in [7, 11) is 0. The molecule has 1 N–H and O–H groups in total. The van der Waals surface area contributed by atoms with Gasteiger partial charge in [-0.1, -0.05) is 42.6 Å². The van der Waals surface area contributed by atoms with Crippen molar-refractivity contribution in [3.8, 4) is 5.75 Å². The van der Waals surface area contributed by atoms with Crippen LogP contribution >= 0.6 is 23.4 Å². The molecule has 1 aromatic carbocycles. The molecular weight excluding hydrogens is 384 g/mol. The minimum Gasteiger partial charge on any atom is -0.492 e. The Hall–Kier alpha value is -1.73. The second kappa shape index (κ2) is 9.99. The molecule has 0 atom stereocenters. The molecular formula is C19H25ClN4O2S. The van der Waals surface area contributed by atoms with Crippen molar-refractivity contribution in [2.75, 3.05) is 18.9 Å². The van der Waals surface area contributed by atoms with E-state index in [4.69, 9.17) is 16.3 Å². The lowest BCUT2D eigenvalue weighted by molar-refractivity contribution is -0.118. The van der Waals surface area contributed by atoms with Crippen molar-refractivity contribution in [3.63, 3.8) is 0 Å². The fourth-order valence-corrected chi connectivity index (χ4v) is 4.29. The number of rotatable bonds is 8. The monoisotopic (exact) mass is 408 g/mol. The fourth-order valence-electron chi connectivity index (χ4n) is 3.28. The van der Waals surface area contributed by atoms with Crippen molar-refractivity contribution in [1.82, 2.24) is 20.1 Å². The summed E-state index contributed by atoms with van der Waals surface area (Å²) >= 11 is 7.28. The highest BCUT2D eigenvalue weighted by Crippen LogP contribution is 2.32. The van der Waals surface area contributed by atoms with Crippen LogP contribution in [-0.4, -0.2) is 39.6 Å². The van der Waals surface area contributed by atoms with Crippen molar-refractivity contribution < 1.29 is 9.53 Å². The first-order valence-corrected chi connectivity index (χ1v) is 10.7. The third-order valence-electron chi connectivity index (χ3n) is 4.61. The number of nitrogens with one attached hydrogen (secondary N) is 1. The molecule has 1 amide bonds. The topological polar surface area (TPSA) is 69.0 Å². The van der Waals surface area contributed by atoms with Crippen molar-refractivity contribution >= 4 is 29.3 Å². The molecule has 27 heavy (non-hydrogen) atoms. The minimum absolute atomic E-state index is 0.0319. The van der Waals surface area contributed by atoms with E-state index in [1.807, 2.05) is 6.92 Å². The predicted molar refractivity (Wildman–Crippen MR) is 108 cm³/mol. The molecule has 1 fully saturated rings. The molecule has 3 rings (SSSR count). The number of amides is 1. The number of halogens is 1. The number of hydrogen-bond donors (Lipinski definition) is 1. The lowest BCUT2D eigenvalue weighted by Gasteiger charge is -2.24. The van der Waals surface area contributed by atoms with Crippen molar-refractivity contribution in [2.24, 2.45) is 0 Å². The number of benzene rings is 1. The quantitative estimate of drug-likeness (QED) is 0.527. The Morgan fingerprint density at radius 1 is 1.26 bits per heavy atom. The van der Waals surface area contributed by atoms with E-state index >= 15 is 0 Å². The smallest absolute Gasteiger partial charge is 0.230 e. The average molecular weight is 409 g/mol. The van der Waals surface area contributed by atoms with Gasteiger partial charge in [-0.15, -0.1) is 10.2 Å². The van der Waals surface area contributed by atoms with Gasteiger partial charge in [-0.05, 0) is 44.0 Å². The molecule has 8 heteroatoms. The number of nitrogens with zero attached hydrogens (tertiary/aromatic N) is 3. The van der Waals surface area contributed by atoms with Gasteiger partial charge in [0.1, 0.15) is 18.2 Å². The van der Waals surface area contributed by atoms with E-state index in [0.717, 1.165) is 16.7 Å². The van der Waals surface area contributed by atoms with Crippen LogP contribution in [0.15, 0.2) is 29.4 Å². The summed E-state index contributed by atoms with van der Waals surface area (Å²) in [6, 6.07) is 7.63. The minimum atomic E-state index is -0.0319. The molecule has 1 heterocycles. The summed E-state index contributed by atoms with van der Waals surface area (Å²) in [5.41, 5.74) is 0. The molecule has 0 unspecified atom stereocenters. The van der Waals surface area contributed by atoms with Gasteiger partial charge in [-0.3, -0.25) is 4.79 Å². The molecule has 0 radical (unpaired) electrons. The number of ether oxygens (including phenoxy) is 1. The highest BCUT2D eigenvalue weighted by atomic mass is 35.5. The molecule has 6 nitrogen and oxygen atoms in total. The summed E-state index contributed by atoms with van der Waals surface area (Å²) in [5.74, 6) is 1.96. The SMILES string of the molecule is Cc1nnc(SCC(=O)NCCOc2ccc(Cl)cc2)n1C1CCCCC1. The Labute approximate surface area is 169 Å². The van der Waals surface area contributed by atoms with Gasteiger partial charge in [0.2, 0.25) is 5.91 Å². The van der Waals surface area contributed by atoms with Gasteiger partial charge in [-0.25, -0.2) is 0 Å². The molecule has 146 valence electrons. The standard InChI is InChI=1S/C19H25ClN4O2S/c1-14-22-23-19(24(14)16-5-3-2-4-6-16)27-13-18(25)21-11-12-26-17-9-7-15(20)8-10-17/h7-10,16H,2-6,11-13H2,1H3,(H,21,25). The first kappa shape index (κ1) is 20.0. The first-order chi connectivity index (χ1) is 13.1. The normalized spacial score (nSPS) is 14.9. The Balaban J connectivity index is 1.41. The predicted octanol–water partition coefficient (Wildman–Crippen LogP) is 4.03. The molecule has 1 saturated carbocycles. The Bertz CT molecular complexity index is 745. The summed E-state index contributed by atoms with van der Waals surface area (Å²) < 4.78 is 7.78. The van der Waals surface area contributed by atoms with Gasteiger partial charge in [0.15, 0.2) is 5.16 Å². The molecule has 0 bridgehead atoms. The third kappa shape index (κ3) is 5.87. The van der Waals surface area contributed by atoms with Gasteiger partial charge in [0, 0.05) is 11.1 Å². The van der Waals surface area contributed by atoms with Gasteiger partial charge in [0.25, 0.3) is 0 Å². The van der Waals surface area contributed by atoms with E-state index in [1.165, 1.54) is 43.9 Å². The number of aryl methyl sites for hydroxylation is 1. The van der Waals surface area contributed by atoms with Gasteiger partial charge >= 0.3 is 0 Å². The second-order valence-corrected chi connectivity index (χ2v) is 8.01. The molecule has 1 aliphatic rings. The summed E-state index contributed by atoms with van der Waals surface area (Å²) in [6.07, 6.45) is 6.14. The zero-order chi connectivity index (χ0) is 19.1. The van der Waals surface area contributed by atoms with Gasteiger partial charge in [-0.2, -0.15) is 0 Å². The first-order valence-electron chi connectivity index (χ1n) is 9.33. The lowest BCUT2D eigenvalue weighted by atomic mass is 9.95. The van der Waals surface area contributed by atoms with Crippen LogP contribution in [0.1, 0.15) is 44.0 Å². The van der Waals surface area contributed by atoms with Crippen molar-refractivity contribution in [3.05, 3.63) is 35.1 Å². The van der Waals surface area contributed by atoms with E-state index in [2.05, 4.69) is 20.1 Å². The number of carbonyl (C=O) groups excluding carboxylic acids is 1. The van der Waals surface area contributed by atoms with E-state index in [9.17, 15) is 4.79 Å². The molecule has 0 saturated heterocycles. The fraction of sp³-hybridized carbons (Fsp3) is 0.526. The average Bonchev–Trinajstić information content (AvgIpc) is 3.06. The zero-order valence-electron chi connectivity index (χ0n) is 15.5. The Morgan fingerprint density at radius 2 is 2.00 bits per heavy atom. The number of thioether (sulfide) groups is 1. The van der Waals surface area contributed by atoms with Crippen LogP contribution in [0.5, 0.6) is 5.75 Å². The summed E-state index contributed by atoms with van der Waals surface area (Å²) in [4.78, 5) is 12.1. The maximum Gasteiger partial charge on any atom is 0.230 e. The van der Waals surface area contributed by atoms with E-state index in [1.54, 1.807) is 24.3 Å². The van der Waals surface area contributed by atoms with E-state index < -0.39 is 0 Å². The maximum absolute atomic E-state index is 12.1. The van der Waals surface area contributed by atoms with Crippen LogP contribution in [0.4, 0.5) is 0 Å². The number of carbonyl (C=O) groups is 1. The number of aromatic nitrogens is 3. The maximum atomic E-state index is 12.1. The Morgan fingerprint density at radius 3 is 2.74 bits per heavy atom. The van der Waals surface area contributed by atoms with Gasteiger partial charge < -0.3 is 14.6 Å². The Kier molecular flexibility index (Phi) is 7.41. The van der Waals surface area contributed by atoms with E-state index in [-0.39, 0.29) is 5.91 Å². The highest BCUT2D eigenvalue weighted by molar-refractivity contribution is 7.99. The van der Waals surface area contributed by atoms with Crippen LogP contribution in [0.2, 0.25) is 5.02 Å². The zero-order valence-corrected chi connectivity index (χ0v) is 17.1. The second-order valence-electron chi connectivity index (χ2n) is 6.63. The van der Waals surface area contributed by atoms with Crippen LogP contribution in [-0.2, 0) is 4.79 Å². The van der Waals surface area contributed by atoms with Gasteiger partial charge in [0.05, 0.1) is 12.3 Å². The molecule has 2 aromatic rings. The molecule has 1 aliphatic carbocycles. The third-order valence-corrected chi connectivity index (χ3v) is 5.81. The van der Waals surface area contributed by atoms with E-state index in [0.29, 0.717) is 30.0 Å². The van der Waals surface area contributed by atoms with Crippen LogP contribution in [0, 0.1) is 6.92 Å². The molecule has 0 spiro atoms. The van der Waals surface area contributed by atoms with Crippen LogP contribution < -0.4 is 10.1 Å². The lowest BCUT2D eigenvalue weighted by Crippen LogP contribution is -2.29. The van der Waals surface area contributed by atoms with Crippen LogP contribution in [0.25, 0.3) is 0 Å². The van der Waals surface area contributed by atoms with Crippen molar-refractivity contribution in [1.29, 1.82) is 0 Å². The van der Waals surface area contributed by atoms with Crippen molar-refractivity contribution in [2.45, 2.75) is 50.2 Å². The molecule has 0 aliphatic heterocycles.